The molecule has 3 unspecified atom stereocenters. The number of carboxylic acid groups (broad SMARTS) is 2. The normalized spacial score (nSPS) is 18.0. The van der Waals surface area contributed by atoms with Gasteiger partial charge in [0.15, 0.2) is 0 Å². The number of nitrogens with two attached hydrogens (primary N) is 2. The first kappa shape index (κ1) is 24.3. The summed E-state index contributed by atoms with van der Waals surface area (Å²) in [5, 5.41) is 23.0. The van der Waals surface area contributed by atoms with Crippen molar-refractivity contribution in [3.63, 3.8) is 0 Å². The predicted octanol–water partition coefficient (Wildman–Crippen LogP) is -2.41. The van der Waals surface area contributed by atoms with Gasteiger partial charge in [-0.2, -0.15) is 0 Å². The van der Waals surface area contributed by atoms with Gasteiger partial charge in [-0.3, -0.25) is 19.2 Å². The van der Waals surface area contributed by atoms with E-state index in [1.165, 1.54) is 4.90 Å². The number of amides is 3. The summed E-state index contributed by atoms with van der Waals surface area (Å²) in [5.74, 6) is -4.57. The molecule has 12 nitrogen and oxygen atoms in total. The molecule has 8 N–H and O–H groups in total. The summed E-state index contributed by atoms with van der Waals surface area (Å²) in [6, 6.07) is -3.44. The van der Waals surface area contributed by atoms with Gasteiger partial charge >= 0.3 is 11.9 Å². The van der Waals surface area contributed by atoms with Crippen LogP contribution in [0.1, 0.15) is 38.5 Å². The molecule has 0 aromatic rings. The average molecular weight is 415 g/mol. The summed E-state index contributed by atoms with van der Waals surface area (Å²) < 4.78 is 0. The van der Waals surface area contributed by atoms with Crippen molar-refractivity contribution in [1.29, 1.82) is 0 Å². The number of carbonyl (C=O) groups is 5. The third kappa shape index (κ3) is 7.66. The summed E-state index contributed by atoms with van der Waals surface area (Å²) in [6.45, 7) is 0.197. The van der Waals surface area contributed by atoms with Gasteiger partial charge in [-0.1, -0.05) is 0 Å². The molecule has 1 saturated heterocycles. The Morgan fingerprint density at radius 1 is 1.03 bits per heavy atom. The van der Waals surface area contributed by atoms with Crippen LogP contribution >= 0.6 is 0 Å². The standard InChI is InChI=1S/C17H29N5O7/c18-6-2-1-4-10(16(27)22-7-3-5-12(22)17(28)29)21-15(26)11(8-14(24)25)20-13(23)9-19/h10-12H,1-9,18-19H2,(H,20,23)(H,21,26)(H,24,25)(H,28,29). The van der Waals surface area contributed by atoms with E-state index in [4.69, 9.17) is 16.6 Å². The molecule has 1 aliphatic heterocycles. The van der Waals surface area contributed by atoms with Gasteiger partial charge in [-0.25, -0.2) is 4.79 Å². The molecule has 164 valence electrons. The van der Waals surface area contributed by atoms with Crippen LogP contribution in [0.25, 0.3) is 0 Å². The van der Waals surface area contributed by atoms with E-state index in [1.54, 1.807) is 0 Å². The average Bonchev–Trinajstić information content (AvgIpc) is 3.15. The number of likely N-dealkylation sites (tertiary alicyclic amines) is 1. The summed E-state index contributed by atoms with van der Waals surface area (Å²) in [4.78, 5) is 60.6. The van der Waals surface area contributed by atoms with Gasteiger partial charge in [-0.05, 0) is 38.6 Å². The first-order valence-electron chi connectivity index (χ1n) is 9.46. The Kier molecular flexibility index (Phi) is 10.0. The maximum atomic E-state index is 12.9. The first-order valence-corrected chi connectivity index (χ1v) is 9.46. The Morgan fingerprint density at radius 3 is 2.28 bits per heavy atom. The van der Waals surface area contributed by atoms with E-state index in [9.17, 15) is 29.1 Å². The molecule has 29 heavy (non-hydrogen) atoms. The minimum atomic E-state index is -1.41. The van der Waals surface area contributed by atoms with Crippen molar-refractivity contribution < 1.29 is 34.2 Å². The van der Waals surface area contributed by atoms with Crippen molar-refractivity contribution in [3.05, 3.63) is 0 Å². The van der Waals surface area contributed by atoms with Gasteiger partial charge in [0.2, 0.25) is 17.7 Å². The van der Waals surface area contributed by atoms with E-state index < -0.39 is 60.8 Å². The van der Waals surface area contributed by atoms with Gasteiger partial charge in [0.05, 0.1) is 13.0 Å². The summed E-state index contributed by atoms with van der Waals surface area (Å²) in [7, 11) is 0. The molecule has 1 rings (SSSR count). The fraction of sp³-hybridized carbons (Fsp3) is 0.706. The van der Waals surface area contributed by atoms with Crippen molar-refractivity contribution in [3.8, 4) is 0 Å². The zero-order valence-electron chi connectivity index (χ0n) is 16.1. The van der Waals surface area contributed by atoms with Crippen LogP contribution in [0.4, 0.5) is 0 Å². The Balaban J connectivity index is 2.95. The molecule has 1 heterocycles. The SMILES string of the molecule is NCCCCC(NC(=O)C(CC(=O)O)NC(=O)CN)C(=O)N1CCCC1C(=O)O. The molecule has 3 atom stereocenters. The Labute approximate surface area is 168 Å². The van der Waals surface area contributed by atoms with Gasteiger partial charge in [0.25, 0.3) is 0 Å². The fourth-order valence-electron chi connectivity index (χ4n) is 3.15. The van der Waals surface area contributed by atoms with Crippen molar-refractivity contribution in [2.45, 2.75) is 56.7 Å². The second-order valence-corrected chi connectivity index (χ2v) is 6.80. The molecule has 0 aromatic heterocycles. The highest BCUT2D eigenvalue weighted by Gasteiger charge is 2.38. The maximum absolute atomic E-state index is 12.9. The predicted molar refractivity (Wildman–Crippen MR) is 100 cm³/mol. The lowest BCUT2D eigenvalue weighted by Crippen LogP contribution is -2.56. The van der Waals surface area contributed by atoms with Crippen LogP contribution in [0, 0.1) is 0 Å². The highest BCUT2D eigenvalue weighted by atomic mass is 16.4. The largest absolute Gasteiger partial charge is 0.481 e. The van der Waals surface area contributed by atoms with E-state index in [2.05, 4.69) is 10.6 Å². The smallest absolute Gasteiger partial charge is 0.326 e. The second kappa shape index (κ2) is 12.0. The third-order valence-electron chi connectivity index (χ3n) is 4.60. The highest BCUT2D eigenvalue weighted by Crippen LogP contribution is 2.20. The van der Waals surface area contributed by atoms with Crippen molar-refractivity contribution >= 4 is 29.7 Å². The van der Waals surface area contributed by atoms with Crippen molar-refractivity contribution in [2.24, 2.45) is 11.5 Å². The molecular weight excluding hydrogens is 386 g/mol. The molecule has 0 aliphatic carbocycles. The number of nitrogens with zero attached hydrogens (tertiary/aromatic N) is 1. The van der Waals surface area contributed by atoms with Crippen LogP contribution in [-0.4, -0.2) is 82.5 Å². The summed E-state index contributed by atoms with van der Waals surface area (Å²) in [6.07, 6.45) is 1.44. The van der Waals surface area contributed by atoms with E-state index in [0.717, 1.165) is 0 Å². The number of hydrogen-bond acceptors (Lipinski definition) is 7. The highest BCUT2D eigenvalue weighted by molar-refractivity contribution is 5.95. The number of nitrogens with one attached hydrogen (secondary N) is 2. The van der Waals surface area contributed by atoms with Crippen LogP contribution in [0.15, 0.2) is 0 Å². The lowest BCUT2D eigenvalue weighted by molar-refractivity contribution is -0.149. The molecule has 0 bridgehead atoms. The van der Waals surface area contributed by atoms with E-state index in [0.29, 0.717) is 32.2 Å². The lowest BCUT2D eigenvalue weighted by atomic mass is 10.1. The number of carboxylic acids is 2. The fourth-order valence-corrected chi connectivity index (χ4v) is 3.15. The lowest BCUT2D eigenvalue weighted by Gasteiger charge is -2.28. The number of aliphatic carboxylic acids is 2. The Morgan fingerprint density at radius 2 is 1.72 bits per heavy atom. The summed E-state index contributed by atoms with van der Waals surface area (Å²) in [5.41, 5.74) is 10.7. The molecule has 3 amide bonds. The Bertz CT molecular complexity index is 627. The molecule has 0 aromatic carbocycles. The maximum Gasteiger partial charge on any atom is 0.326 e. The van der Waals surface area contributed by atoms with Crippen molar-refractivity contribution in [1.82, 2.24) is 15.5 Å². The second-order valence-electron chi connectivity index (χ2n) is 6.80. The van der Waals surface area contributed by atoms with E-state index in [-0.39, 0.29) is 13.0 Å². The quantitative estimate of drug-likeness (QED) is 0.187. The Hall–Kier alpha value is -2.73. The number of carbonyl (C=O) groups excluding carboxylic acids is 3. The molecular formula is C17H29N5O7. The van der Waals surface area contributed by atoms with Gasteiger partial charge in [-0.15, -0.1) is 0 Å². The van der Waals surface area contributed by atoms with E-state index in [1.807, 2.05) is 0 Å². The first-order chi connectivity index (χ1) is 13.7. The van der Waals surface area contributed by atoms with Crippen molar-refractivity contribution in [2.75, 3.05) is 19.6 Å². The monoisotopic (exact) mass is 415 g/mol. The molecule has 0 spiro atoms. The minimum absolute atomic E-state index is 0.204. The number of hydrogen-bond donors (Lipinski definition) is 6. The minimum Gasteiger partial charge on any atom is -0.481 e. The van der Waals surface area contributed by atoms with Crippen LogP contribution in [0.5, 0.6) is 0 Å². The molecule has 0 saturated carbocycles. The van der Waals surface area contributed by atoms with Gasteiger partial charge in [0, 0.05) is 6.54 Å². The van der Waals surface area contributed by atoms with Crippen LogP contribution in [-0.2, 0) is 24.0 Å². The zero-order valence-corrected chi connectivity index (χ0v) is 16.1. The number of rotatable bonds is 12. The van der Waals surface area contributed by atoms with Gasteiger partial charge < -0.3 is 37.2 Å². The van der Waals surface area contributed by atoms with Gasteiger partial charge in [0.1, 0.15) is 18.1 Å². The molecule has 0 radical (unpaired) electrons. The van der Waals surface area contributed by atoms with Crippen LogP contribution in [0.3, 0.4) is 0 Å². The molecule has 12 heteroatoms. The zero-order chi connectivity index (χ0) is 22.0. The molecule has 1 aliphatic rings. The summed E-state index contributed by atoms with van der Waals surface area (Å²) >= 11 is 0. The van der Waals surface area contributed by atoms with E-state index >= 15 is 0 Å². The topological polar surface area (TPSA) is 205 Å². The van der Waals surface area contributed by atoms with Crippen LogP contribution in [0.2, 0.25) is 0 Å². The van der Waals surface area contributed by atoms with Crippen LogP contribution < -0.4 is 22.1 Å². The number of unbranched alkanes of at least 4 members (excludes halogenated alkanes) is 1. The molecule has 1 fully saturated rings. The third-order valence-corrected chi connectivity index (χ3v) is 4.60.